The maximum Gasteiger partial charge on any atom is 0.267 e. The van der Waals surface area contributed by atoms with E-state index < -0.39 is 0 Å². The van der Waals surface area contributed by atoms with Crippen molar-refractivity contribution < 1.29 is 9.53 Å². The van der Waals surface area contributed by atoms with Gasteiger partial charge in [-0.25, -0.2) is 4.98 Å². The maximum absolute atomic E-state index is 13.2. The number of aryl methyl sites for hydroxylation is 1. The molecule has 4 rings (SSSR count). The predicted octanol–water partition coefficient (Wildman–Crippen LogP) is 5.74. The van der Waals surface area contributed by atoms with Crippen molar-refractivity contribution in [3.05, 3.63) is 83.7 Å². The SMILES string of the molecule is Cc1cccc2sc(N(Cc3cccnc3)C(=O)COc3ccc(C(C)C)cc3)nc12. The fraction of sp³-hybridized carbons (Fsp3) is 0.240. The molecule has 0 unspecified atom stereocenters. The van der Waals surface area contributed by atoms with Crippen LogP contribution in [0.3, 0.4) is 0 Å². The topological polar surface area (TPSA) is 55.3 Å². The van der Waals surface area contributed by atoms with E-state index in [1.807, 2.05) is 61.5 Å². The summed E-state index contributed by atoms with van der Waals surface area (Å²) < 4.78 is 6.87. The van der Waals surface area contributed by atoms with E-state index in [-0.39, 0.29) is 12.5 Å². The Kier molecular flexibility index (Phi) is 6.28. The number of amides is 1. The molecule has 0 fully saturated rings. The molecule has 0 atom stereocenters. The van der Waals surface area contributed by atoms with Crippen LogP contribution >= 0.6 is 11.3 Å². The summed E-state index contributed by atoms with van der Waals surface area (Å²) >= 11 is 1.51. The van der Waals surface area contributed by atoms with Gasteiger partial charge in [0.1, 0.15) is 5.75 Å². The molecule has 31 heavy (non-hydrogen) atoms. The smallest absolute Gasteiger partial charge is 0.267 e. The van der Waals surface area contributed by atoms with Gasteiger partial charge in [0, 0.05) is 12.4 Å². The third kappa shape index (κ3) is 4.91. The highest BCUT2D eigenvalue weighted by molar-refractivity contribution is 7.22. The molecule has 0 saturated carbocycles. The lowest BCUT2D eigenvalue weighted by Crippen LogP contribution is -2.34. The molecule has 2 aromatic heterocycles. The zero-order valence-electron chi connectivity index (χ0n) is 17.9. The molecule has 158 valence electrons. The Labute approximate surface area is 186 Å². The highest BCUT2D eigenvalue weighted by atomic mass is 32.1. The molecule has 0 N–H and O–H groups in total. The van der Waals surface area contributed by atoms with E-state index in [0.29, 0.717) is 23.3 Å². The van der Waals surface area contributed by atoms with Gasteiger partial charge in [0.15, 0.2) is 11.7 Å². The van der Waals surface area contributed by atoms with Crippen LogP contribution in [0, 0.1) is 6.92 Å². The maximum atomic E-state index is 13.2. The summed E-state index contributed by atoms with van der Waals surface area (Å²) in [6.45, 7) is 6.66. The first-order valence-corrected chi connectivity index (χ1v) is 11.1. The van der Waals surface area contributed by atoms with Crippen LogP contribution in [0.4, 0.5) is 5.13 Å². The number of hydrogen-bond donors (Lipinski definition) is 0. The van der Waals surface area contributed by atoms with Crippen molar-refractivity contribution in [3.63, 3.8) is 0 Å². The van der Waals surface area contributed by atoms with Gasteiger partial charge in [-0.2, -0.15) is 0 Å². The lowest BCUT2D eigenvalue weighted by atomic mass is 10.0. The average molecular weight is 432 g/mol. The van der Waals surface area contributed by atoms with Crippen molar-refractivity contribution in [1.82, 2.24) is 9.97 Å². The van der Waals surface area contributed by atoms with Gasteiger partial charge in [0.25, 0.3) is 5.91 Å². The number of hydrogen-bond acceptors (Lipinski definition) is 5. The first-order chi connectivity index (χ1) is 15.0. The lowest BCUT2D eigenvalue weighted by molar-refractivity contribution is -0.120. The molecular weight excluding hydrogens is 406 g/mol. The first kappa shape index (κ1) is 21.0. The van der Waals surface area contributed by atoms with Crippen molar-refractivity contribution in [2.24, 2.45) is 0 Å². The second-order valence-electron chi connectivity index (χ2n) is 7.77. The fourth-order valence-corrected chi connectivity index (χ4v) is 4.36. The molecule has 0 aliphatic carbocycles. The molecule has 5 nitrogen and oxygen atoms in total. The Morgan fingerprint density at radius 3 is 2.58 bits per heavy atom. The largest absolute Gasteiger partial charge is 0.484 e. The number of rotatable bonds is 7. The van der Waals surface area contributed by atoms with Gasteiger partial charge in [-0.3, -0.25) is 14.7 Å². The van der Waals surface area contributed by atoms with Gasteiger partial charge in [-0.1, -0.05) is 55.5 Å². The number of para-hydroxylation sites is 1. The van der Waals surface area contributed by atoms with E-state index in [2.05, 4.69) is 18.8 Å². The number of ether oxygens (including phenoxy) is 1. The number of aromatic nitrogens is 2. The minimum Gasteiger partial charge on any atom is -0.484 e. The molecule has 0 radical (unpaired) electrons. The molecular formula is C25H25N3O2S. The van der Waals surface area contributed by atoms with Gasteiger partial charge in [-0.15, -0.1) is 0 Å². The Morgan fingerprint density at radius 2 is 1.90 bits per heavy atom. The van der Waals surface area contributed by atoms with Gasteiger partial charge >= 0.3 is 0 Å². The van der Waals surface area contributed by atoms with Crippen molar-refractivity contribution in [2.75, 3.05) is 11.5 Å². The van der Waals surface area contributed by atoms with E-state index in [4.69, 9.17) is 9.72 Å². The van der Waals surface area contributed by atoms with Gasteiger partial charge in [-0.05, 0) is 53.8 Å². The fourth-order valence-electron chi connectivity index (χ4n) is 3.30. The Morgan fingerprint density at radius 1 is 1.10 bits per heavy atom. The molecule has 4 aromatic rings. The number of thiazole rings is 1. The van der Waals surface area contributed by atoms with E-state index in [1.54, 1.807) is 17.3 Å². The summed E-state index contributed by atoms with van der Waals surface area (Å²) in [6, 6.07) is 17.8. The molecule has 0 aliphatic heterocycles. The standard InChI is InChI=1S/C25H25N3O2S/c1-17(2)20-9-11-21(12-10-20)30-16-23(29)28(15-19-7-5-13-26-14-19)25-27-24-18(3)6-4-8-22(24)31-25/h4-14,17H,15-16H2,1-3H3. The third-order valence-electron chi connectivity index (χ3n) is 5.11. The normalized spacial score (nSPS) is 11.1. The summed E-state index contributed by atoms with van der Waals surface area (Å²) in [5.41, 5.74) is 4.20. The van der Waals surface area contributed by atoms with E-state index >= 15 is 0 Å². The van der Waals surface area contributed by atoms with Crippen molar-refractivity contribution in [1.29, 1.82) is 0 Å². The zero-order valence-corrected chi connectivity index (χ0v) is 18.7. The molecule has 0 spiro atoms. The van der Waals surface area contributed by atoms with Crippen molar-refractivity contribution in [2.45, 2.75) is 33.2 Å². The number of pyridine rings is 1. The van der Waals surface area contributed by atoms with Gasteiger partial charge in [0.2, 0.25) is 0 Å². The molecule has 0 bridgehead atoms. The number of anilines is 1. The monoisotopic (exact) mass is 431 g/mol. The van der Waals surface area contributed by atoms with E-state index in [0.717, 1.165) is 21.3 Å². The van der Waals surface area contributed by atoms with Crippen molar-refractivity contribution in [3.8, 4) is 5.75 Å². The summed E-state index contributed by atoms with van der Waals surface area (Å²) in [7, 11) is 0. The molecule has 6 heteroatoms. The number of benzene rings is 2. The van der Waals surface area contributed by atoms with Crippen LogP contribution in [0.2, 0.25) is 0 Å². The summed E-state index contributed by atoms with van der Waals surface area (Å²) in [6.07, 6.45) is 3.49. The highest BCUT2D eigenvalue weighted by Gasteiger charge is 2.21. The number of carbonyl (C=O) groups is 1. The van der Waals surface area contributed by atoms with Crippen molar-refractivity contribution >= 4 is 32.6 Å². The Bertz CT molecular complexity index is 1170. The van der Waals surface area contributed by atoms with E-state index in [1.165, 1.54) is 16.9 Å². The van der Waals surface area contributed by atoms with Crippen LogP contribution < -0.4 is 9.64 Å². The van der Waals surface area contributed by atoms with Crippen LogP contribution in [0.15, 0.2) is 67.0 Å². The molecule has 2 aromatic carbocycles. The number of carbonyl (C=O) groups excluding carboxylic acids is 1. The van der Waals surface area contributed by atoms with Gasteiger partial charge < -0.3 is 4.74 Å². The van der Waals surface area contributed by atoms with Crippen LogP contribution in [-0.2, 0) is 11.3 Å². The second-order valence-corrected chi connectivity index (χ2v) is 8.78. The lowest BCUT2D eigenvalue weighted by Gasteiger charge is -2.20. The molecule has 0 aliphatic rings. The van der Waals surface area contributed by atoms with Gasteiger partial charge in [0.05, 0.1) is 16.8 Å². The minimum absolute atomic E-state index is 0.0593. The van der Waals surface area contributed by atoms with Crippen LogP contribution in [0.5, 0.6) is 5.75 Å². The van der Waals surface area contributed by atoms with E-state index in [9.17, 15) is 4.79 Å². The zero-order chi connectivity index (χ0) is 21.8. The minimum atomic E-state index is -0.145. The summed E-state index contributed by atoms with van der Waals surface area (Å²) in [5, 5.41) is 0.664. The Hall–Kier alpha value is -3.25. The molecule has 1 amide bonds. The second kappa shape index (κ2) is 9.27. The summed E-state index contributed by atoms with van der Waals surface area (Å²) in [4.78, 5) is 23.8. The quantitative estimate of drug-likeness (QED) is 0.375. The van der Waals surface area contributed by atoms with Crippen LogP contribution in [-0.4, -0.2) is 22.5 Å². The third-order valence-corrected chi connectivity index (χ3v) is 6.16. The van der Waals surface area contributed by atoms with Crippen LogP contribution in [0.1, 0.15) is 36.5 Å². The number of fused-ring (bicyclic) bond motifs is 1. The number of nitrogens with zero attached hydrogens (tertiary/aromatic N) is 3. The predicted molar refractivity (Wildman–Crippen MR) is 126 cm³/mol. The highest BCUT2D eigenvalue weighted by Crippen LogP contribution is 2.31. The molecule has 0 saturated heterocycles. The average Bonchev–Trinajstić information content (AvgIpc) is 3.22. The first-order valence-electron chi connectivity index (χ1n) is 10.3. The summed E-state index contributed by atoms with van der Waals surface area (Å²) in [5.74, 6) is 0.987. The van der Waals surface area contributed by atoms with Crippen LogP contribution in [0.25, 0.3) is 10.2 Å². The molecule has 2 heterocycles. The Balaban J connectivity index is 1.57.